The van der Waals surface area contributed by atoms with Crippen molar-refractivity contribution in [2.75, 3.05) is 11.1 Å². The Balaban J connectivity index is 1.59. The minimum Gasteiger partial charge on any atom is -0.325 e. The van der Waals surface area contributed by atoms with Crippen LogP contribution in [0.5, 0.6) is 0 Å². The van der Waals surface area contributed by atoms with Gasteiger partial charge < -0.3 is 9.88 Å². The first-order valence-electron chi connectivity index (χ1n) is 8.54. The number of anilines is 1. The molecule has 0 fully saturated rings. The van der Waals surface area contributed by atoms with E-state index in [1.807, 2.05) is 53.7 Å². The Morgan fingerprint density at radius 2 is 1.96 bits per heavy atom. The number of carbonyl (C=O) groups is 1. The highest BCUT2D eigenvalue weighted by atomic mass is 32.2. The van der Waals surface area contributed by atoms with Crippen molar-refractivity contribution in [3.63, 3.8) is 0 Å². The summed E-state index contributed by atoms with van der Waals surface area (Å²) < 4.78 is 3.72. The fourth-order valence-corrected chi connectivity index (χ4v) is 3.21. The van der Waals surface area contributed by atoms with Gasteiger partial charge in [0, 0.05) is 25.5 Å². The average Bonchev–Trinajstić information content (AvgIpc) is 3.27. The number of aromatic nitrogens is 5. The molecule has 0 unspecified atom stereocenters. The van der Waals surface area contributed by atoms with Crippen molar-refractivity contribution in [2.45, 2.75) is 32.0 Å². The molecule has 0 saturated carbocycles. The first-order chi connectivity index (χ1) is 12.6. The van der Waals surface area contributed by atoms with E-state index in [2.05, 4.69) is 27.5 Å². The summed E-state index contributed by atoms with van der Waals surface area (Å²) >= 11 is 1.36. The van der Waals surface area contributed by atoms with E-state index in [1.165, 1.54) is 17.3 Å². The second kappa shape index (κ2) is 8.18. The van der Waals surface area contributed by atoms with Crippen LogP contribution in [0.4, 0.5) is 5.69 Å². The number of nitrogens with one attached hydrogen (secondary N) is 1. The molecular weight excluding hydrogens is 348 g/mol. The Hall–Kier alpha value is -2.61. The molecule has 1 N–H and O–H groups in total. The van der Waals surface area contributed by atoms with Crippen molar-refractivity contribution >= 4 is 23.4 Å². The first kappa shape index (κ1) is 18.2. The standard InChI is InChI=1S/C18H22N6OS/c1-4-13-6-8-15(9-7-13)20-16(25)12-26-18-22-21-17(23(18)3)14-10-19-24(5-2)11-14/h6-11H,4-5,12H2,1-3H3,(H,20,25). The SMILES string of the molecule is CCc1ccc(NC(=O)CSc2nnc(-c3cnn(CC)c3)n2C)cc1. The van der Waals surface area contributed by atoms with E-state index >= 15 is 0 Å². The van der Waals surface area contributed by atoms with Crippen molar-refractivity contribution in [3.8, 4) is 11.4 Å². The molecule has 3 aromatic rings. The molecule has 1 amide bonds. The van der Waals surface area contributed by atoms with Crippen LogP contribution < -0.4 is 5.32 Å². The Bertz CT molecular complexity index is 883. The van der Waals surface area contributed by atoms with Gasteiger partial charge in [-0.1, -0.05) is 30.8 Å². The van der Waals surface area contributed by atoms with Crippen LogP contribution in [0, 0.1) is 0 Å². The molecule has 7 nitrogen and oxygen atoms in total. The highest BCUT2D eigenvalue weighted by Crippen LogP contribution is 2.22. The fourth-order valence-electron chi connectivity index (χ4n) is 2.49. The third-order valence-corrected chi connectivity index (χ3v) is 5.05. The smallest absolute Gasteiger partial charge is 0.234 e. The molecule has 0 radical (unpaired) electrons. The monoisotopic (exact) mass is 370 g/mol. The van der Waals surface area contributed by atoms with Gasteiger partial charge in [0.1, 0.15) is 0 Å². The lowest BCUT2D eigenvalue weighted by Gasteiger charge is -2.06. The van der Waals surface area contributed by atoms with E-state index < -0.39 is 0 Å². The second-order valence-electron chi connectivity index (χ2n) is 5.84. The zero-order valence-corrected chi connectivity index (χ0v) is 16.0. The molecule has 1 aromatic carbocycles. The van der Waals surface area contributed by atoms with E-state index in [-0.39, 0.29) is 11.7 Å². The Kier molecular flexibility index (Phi) is 5.72. The summed E-state index contributed by atoms with van der Waals surface area (Å²) in [5, 5.41) is 16.3. The molecule has 0 aliphatic rings. The summed E-state index contributed by atoms with van der Waals surface area (Å²) in [5.41, 5.74) is 2.96. The third kappa shape index (κ3) is 4.13. The predicted octanol–water partition coefficient (Wildman–Crippen LogP) is 2.99. The molecule has 8 heteroatoms. The van der Waals surface area contributed by atoms with Gasteiger partial charge in [-0.25, -0.2) is 0 Å². The Morgan fingerprint density at radius 3 is 2.62 bits per heavy atom. The largest absolute Gasteiger partial charge is 0.325 e. The third-order valence-electron chi connectivity index (χ3n) is 4.03. The Labute approximate surface area is 156 Å². The van der Waals surface area contributed by atoms with Gasteiger partial charge in [-0.05, 0) is 31.0 Å². The van der Waals surface area contributed by atoms with Crippen LogP contribution in [0.1, 0.15) is 19.4 Å². The number of benzene rings is 1. The van der Waals surface area contributed by atoms with E-state index in [1.54, 1.807) is 6.20 Å². The van der Waals surface area contributed by atoms with Crippen molar-refractivity contribution in [3.05, 3.63) is 42.2 Å². The second-order valence-corrected chi connectivity index (χ2v) is 6.78. The number of thioether (sulfide) groups is 1. The van der Waals surface area contributed by atoms with Crippen LogP contribution in [0.3, 0.4) is 0 Å². The average molecular weight is 370 g/mol. The van der Waals surface area contributed by atoms with E-state index in [4.69, 9.17) is 0 Å². The molecule has 0 aliphatic heterocycles. The van der Waals surface area contributed by atoms with Crippen LogP contribution >= 0.6 is 11.8 Å². The first-order valence-corrected chi connectivity index (χ1v) is 9.53. The molecule has 3 rings (SSSR count). The molecule has 0 aliphatic carbocycles. The maximum absolute atomic E-state index is 12.2. The zero-order chi connectivity index (χ0) is 18.5. The van der Waals surface area contributed by atoms with Crippen LogP contribution in [-0.2, 0) is 24.8 Å². The quantitative estimate of drug-likeness (QED) is 0.647. The molecule has 26 heavy (non-hydrogen) atoms. The summed E-state index contributed by atoms with van der Waals surface area (Å²) in [7, 11) is 1.89. The minimum atomic E-state index is -0.0670. The van der Waals surface area contributed by atoms with Gasteiger partial charge in [-0.2, -0.15) is 5.10 Å². The molecule has 136 valence electrons. The van der Waals surface area contributed by atoms with Gasteiger partial charge in [0.25, 0.3) is 0 Å². The van der Waals surface area contributed by atoms with Crippen LogP contribution in [0.2, 0.25) is 0 Å². The fraction of sp³-hybridized carbons (Fsp3) is 0.333. The highest BCUT2D eigenvalue weighted by Gasteiger charge is 2.14. The van der Waals surface area contributed by atoms with Crippen molar-refractivity contribution in [2.24, 2.45) is 7.05 Å². The number of hydrogen-bond donors (Lipinski definition) is 1. The van der Waals surface area contributed by atoms with Gasteiger partial charge in [0.2, 0.25) is 5.91 Å². The van der Waals surface area contributed by atoms with E-state index in [0.717, 1.165) is 30.0 Å². The number of nitrogens with zero attached hydrogens (tertiary/aromatic N) is 5. The lowest BCUT2D eigenvalue weighted by molar-refractivity contribution is -0.113. The summed E-state index contributed by atoms with van der Waals surface area (Å²) in [6, 6.07) is 7.89. The van der Waals surface area contributed by atoms with Gasteiger partial charge in [0.15, 0.2) is 11.0 Å². The number of aryl methyl sites for hydroxylation is 2. The molecule has 0 bridgehead atoms. The van der Waals surface area contributed by atoms with Crippen LogP contribution in [0.15, 0.2) is 41.8 Å². The maximum Gasteiger partial charge on any atom is 0.234 e. The molecule has 0 atom stereocenters. The molecule has 2 heterocycles. The molecule has 2 aromatic heterocycles. The molecular formula is C18H22N6OS. The lowest BCUT2D eigenvalue weighted by atomic mass is 10.1. The Morgan fingerprint density at radius 1 is 1.19 bits per heavy atom. The summed E-state index contributed by atoms with van der Waals surface area (Å²) in [4.78, 5) is 12.2. The van der Waals surface area contributed by atoms with Crippen molar-refractivity contribution in [1.29, 1.82) is 0 Å². The van der Waals surface area contributed by atoms with E-state index in [0.29, 0.717) is 5.16 Å². The van der Waals surface area contributed by atoms with Crippen LogP contribution in [0.25, 0.3) is 11.4 Å². The summed E-state index contributed by atoms with van der Waals surface area (Å²) in [5.74, 6) is 0.945. The van der Waals surface area contributed by atoms with Gasteiger partial charge in [-0.3, -0.25) is 9.48 Å². The van der Waals surface area contributed by atoms with Crippen molar-refractivity contribution < 1.29 is 4.79 Å². The van der Waals surface area contributed by atoms with Crippen molar-refractivity contribution in [1.82, 2.24) is 24.5 Å². The van der Waals surface area contributed by atoms with Gasteiger partial charge >= 0.3 is 0 Å². The summed E-state index contributed by atoms with van der Waals surface area (Å²) in [6.07, 6.45) is 4.69. The van der Waals surface area contributed by atoms with Gasteiger partial charge in [0.05, 0.1) is 17.5 Å². The number of hydrogen-bond acceptors (Lipinski definition) is 5. The zero-order valence-electron chi connectivity index (χ0n) is 15.1. The lowest BCUT2D eigenvalue weighted by Crippen LogP contribution is -2.14. The maximum atomic E-state index is 12.2. The topological polar surface area (TPSA) is 77.6 Å². The highest BCUT2D eigenvalue weighted by molar-refractivity contribution is 7.99. The minimum absolute atomic E-state index is 0.0670. The molecule has 0 saturated heterocycles. The van der Waals surface area contributed by atoms with E-state index in [9.17, 15) is 4.79 Å². The number of amides is 1. The number of rotatable bonds is 7. The predicted molar refractivity (Wildman–Crippen MR) is 103 cm³/mol. The van der Waals surface area contributed by atoms with Crippen LogP contribution in [-0.4, -0.2) is 36.2 Å². The van der Waals surface area contributed by atoms with Gasteiger partial charge in [-0.15, -0.1) is 10.2 Å². The normalized spacial score (nSPS) is 10.9. The molecule has 0 spiro atoms. The number of carbonyl (C=O) groups excluding carboxylic acids is 1. The summed E-state index contributed by atoms with van der Waals surface area (Å²) in [6.45, 7) is 4.94.